The van der Waals surface area contributed by atoms with Crippen LogP contribution < -0.4 is 15.8 Å². The molecule has 4 atom stereocenters. The zero-order valence-corrected chi connectivity index (χ0v) is 21.7. The number of imide groups is 1. The number of hydrogen-bond donors (Lipinski definition) is 2. The van der Waals surface area contributed by atoms with Crippen molar-refractivity contribution < 1.29 is 28.7 Å². The molecule has 0 radical (unpaired) electrons. The van der Waals surface area contributed by atoms with E-state index in [9.17, 15) is 24.0 Å². The Morgan fingerprint density at radius 3 is 2.14 bits per heavy atom. The molecule has 12 heteroatoms. The first-order valence-electron chi connectivity index (χ1n) is 10.9. The van der Waals surface area contributed by atoms with Gasteiger partial charge < -0.3 is 4.74 Å². The maximum absolute atomic E-state index is 12.9. The van der Waals surface area contributed by atoms with Crippen LogP contribution in [0.3, 0.4) is 0 Å². The predicted octanol–water partition coefficient (Wildman–Crippen LogP) is 3.18. The molecule has 2 aromatic carbocycles. The maximum atomic E-state index is 12.9. The minimum Gasteiger partial charge on any atom is -0.452 e. The molecule has 2 aliphatic rings. The molecule has 0 spiro atoms. The number of benzene rings is 2. The van der Waals surface area contributed by atoms with Gasteiger partial charge in [0.1, 0.15) is 0 Å². The summed E-state index contributed by atoms with van der Waals surface area (Å²) in [6, 6.07) is 12.3. The van der Waals surface area contributed by atoms with Crippen molar-refractivity contribution >= 4 is 74.4 Å². The van der Waals surface area contributed by atoms with Gasteiger partial charge in [-0.1, -0.05) is 22.0 Å². The first-order valence-corrected chi connectivity index (χ1v) is 12.6. The van der Waals surface area contributed by atoms with Gasteiger partial charge in [0.2, 0.25) is 11.8 Å². The van der Waals surface area contributed by atoms with Gasteiger partial charge in [-0.3, -0.25) is 34.9 Å². The molecule has 2 fully saturated rings. The highest BCUT2D eigenvalue weighted by molar-refractivity contribution is 9.10. The monoisotopic (exact) mass is 595 g/mol. The van der Waals surface area contributed by atoms with Crippen LogP contribution in [0.25, 0.3) is 0 Å². The van der Waals surface area contributed by atoms with E-state index in [0.717, 1.165) is 9.37 Å². The molecule has 1 aliphatic carbocycles. The number of rotatable bonds is 5. The first kappa shape index (κ1) is 26.1. The van der Waals surface area contributed by atoms with Gasteiger partial charge in [-0.2, -0.15) is 0 Å². The van der Waals surface area contributed by atoms with Crippen molar-refractivity contribution in [2.75, 3.05) is 11.5 Å². The van der Waals surface area contributed by atoms with Crippen LogP contribution in [0.15, 0.2) is 53.0 Å². The molecule has 1 saturated carbocycles. The second-order valence-electron chi connectivity index (χ2n) is 8.36. The summed E-state index contributed by atoms with van der Waals surface area (Å²) < 4.78 is 5.80. The lowest BCUT2D eigenvalue weighted by Gasteiger charge is -2.28. The van der Waals surface area contributed by atoms with E-state index < -0.39 is 47.0 Å². The summed E-state index contributed by atoms with van der Waals surface area (Å²) in [4.78, 5) is 63.5. The molecular formula is C24H20BrCl2N3O6. The molecule has 4 amide bonds. The molecule has 2 N–H and O–H groups in total. The smallest absolute Gasteiger partial charge is 0.338 e. The zero-order chi connectivity index (χ0) is 26.0. The lowest BCUT2D eigenvalue weighted by molar-refractivity contribution is -0.125. The van der Waals surface area contributed by atoms with E-state index in [-0.39, 0.29) is 23.1 Å². The number of nitrogens with one attached hydrogen (secondary N) is 2. The summed E-state index contributed by atoms with van der Waals surface area (Å²) >= 11 is 15.7. The maximum Gasteiger partial charge on any atom is 0.338 e. The predicted molar refractivity (Wildman–Crippen MR) is 134 cm³/mol. The van der Waals surface area contributed by atoms with E-state index in [0.29, 0.717) is 18.4 Å². The molecule has 0 unspecified atom stereocenters. The number of fused-ring (bicyclic) bond motifs is 1. The van der Waals surface area contributed by atoms with Gasteiger partial charge in [-0.25, -0.2) is 4.79 Å². The van der Waals surface area contributed by atoms with Crippen LogP contribution in [0.4, 0.5) is 5.69 Å². The molecule has 1 saturated heterocycles. The van der Waals surface area contributed by atoms with Crippen molar-refractivity contribution in [1.82, 2.24) is 10.9 Å². The lowest BCUT2D eigenvalue weighted by Crippen LogP contribution is -2.43. The molecule has 188 valence electrons. The van der Waals surface area contributed by atoms with Gasteiger partial charge in [0.05, 0.1) is 33.8 Å². The van der Waals surface area contributed by atoms with Crippen LogP contribution in [0.5, 0.6) is 0 Å². The van der Waals surface area contributed by atoms with E-state index in [1.165, 1.54) is 24.3 Å². The summed E-state index contributed by atoms with van der Waals surface area (Å²) in [7, 11) is 0. The number of anilines is 1. The fourth-order valence-electron chi connectivity index (χ4n) is 4.17. The quantitative estimate of drug-likeness (QED) is 0.237. The molecule has 2 aromatic rings. The Balaban J connectivity index is 1.34. The van der Waals surface area contributed by atoms with Crippen LogP contribution in [0.2, 0.25) is 0 Å². The number of ether oxygens (including phenoxy) is 1. The third-order valence-corrected chi connectivity index (χ3v) is 7.63. The van der Waals surface area contributed by atoms with Crippen LogP contribution in [-0.4, -0.2) is 47.0 Å². The topological polar surface area (TPSA) is 122 Å². The Morgan fingerprint density at radius 2 is 1.53 bits per heavy atom. The Bertz CT molecular complexity index is 1200. The molecule has 0 bridgehead atoms. The van der Waals surface area contributed by atoms with Crippen molar-refractivity contribution in [3.05, 3.63) is 64.1 Å². The highest BCUT2D eigenvalue weighted by Gasteiger charge is 2.52. The Kier molecular flexibility index (Phi) is 7.97. The average Bonchev–Trinajstić information content (AvgIpc) is 3.10. The van der Waals surface area contributed by atoms with Crippen molar-refractivity contribution in [3.8, 4) is 0 Å². The van der Waals surface area contributed by atoms with E-state index in [1.54, 1.807) is 24.3 Å². The van der Waals surface area contributed by atoms with E-state index in [2.05, 4.69) is 26.8 Å². The van der Waals surface area contributed by atoms with Crippen molar-refractivity contribution in [1.29, 1.82) is 0 Å². The number of esters is 1. The lowest BCUT2D eigenvalue weighted by atomic mass is 9.80. The number of hydrogen-bond acceptors (Lipinski definition) is 6. The molecule has 9 nitrogen and oxygen atoms in total. The number of hydrazine groups is 1. The normalized spacial score (nSPS) is 23.1. The van der Waals surface area contributed by atoms with Crippen molar-refractivity contribution in [3.63, 3.8) is 0 Å². The first-order chi connectivity index (χ1) is 17.2. The second kappa shape index (κ2) is 11.0. The Labute approximate surface area is 224 Å². The summed E-state index contributed by atoms with van der Waals surface area (Å²) in [5.41, 5.74) is 4.96. The number of halogens is 3. The third-order valence-electron chi connectivity index (χ3n) is 6.01. The standard InChI is InChI=1S/C24H20BrCl2N3O6/c25-14-6-4-12(5-7-14)21(32)29-28-20(31)11-36-24(35)13-2-1-3-15(8-13)30-22(33)16-9-18(26)19(27)10-17(16)23(30)34/h1-8,16-19H,9-11H2,(H,28,31)(H,29,32)/t16-,17-,18+,19+/m1/s1. The highest BCUT2D eigenvalue weighted by Crippen LogP contribution is 2.43. The van der Waals surface area contributed by atoms with Crippen LogP contribution in [-0.2, 0) is 19.1 Å². The number of amides is 4. The van der Waals surface area contributed by atoms with Crippen LogP contribution >= 0.6 is 39.1 Å². The molecule has 0 aromatic heterocycles. The fourth-order valence-corrected chi connectivity index (χ4v) is 5.03. The van der Waals surface area contributed by atoms with E-state index in [4.69, 9.17) is 27.9 Å². The second-order valence-corrected chi connectivity index (χ2v) is 10.4. The SMILES string of the molecule is O=C(COC(=O)c1cccc(N2C(=O)[C@@H]3C[C@H](Cl)[C@@H](Cl)C[C@H]3C2=O)c1)NNC(=O)c1ccc(Br)cc1. The largest absolute Gasteiger partial charge is 0.452 e. The minimum atomic E-state index is -0.843. The number of alkyl halides is 2. The highest BCUT2D eigenvalue weighted by atomic mass is 79.9. The molecular weight excluding hydrogens is 577 g/mol. The van der Waals surface area contributed by atoms with Gasteiger partial charge in [0.25, 0.3) is 11.8 Å². The van der Waals surface area contributed by atoms with E-state index >= 15 is 0 Å². The van der Waals surface area contributed by atoms with Crippen LogP contribution in [0, 0.1) is 11.8 Å². The summed E-state index contributed by atoms with van der Waals surface area (Å²) in [5.74, 6) is -4.02. The Morgan fingerprint density at radius 1 is 0.917 bits per heavy atom. The van der Waals surface area contributed by atoms with Gasteiger partial charge in [-0.05, 0) is 55.3 Å². The fraction of sp³-hybridized carbons (Fsp3) is 0.292. The van der Waals surface area contributed by atoms with Gasteiger partial charge >= 0.3 is 5.97 Å². The number of nitrogens with zero attached hydrogens (tertiary/aromatic N) is 1. The number of carbonyl (C=O) groups is 5. The zero-order valence-electron chi connectivity index (χ0n) is 18.6. The molecule has 1 aliphatic heterocycles. The summed E-state index contributed by atoms with van der Waals surface area (Å²) in [5, 5.41) is -0.812. The molecule has 1 heterocycles. The van der Waals surface area contributed by atoms with Gasteiger partial charge in [0, 0.05) is 10.0 Å². The minimum absolute atomic E-state index is 0.0418. The molecule has 4 rings (SSSR count). The number of carbonyl (C=O) groups excluding carboxylic acids is 5. The van der Waals surface area contributed by atoms with Gasteiger partial charge in [0.15, 0.2) is 6.61 Å². The summed E-state index contributed by atoms with van der Waals surface area (Å²) in [6.45, 7) is -0.663. The summed E-state index contributed by atoms with van der Waals surface area (Å²) in [6.07, 6.45) is 0.604. The Hall–Kier alpha value is -2.95. The molecule has 36 heavy (non-hydrogen) atoms. The van der Waals surface area contributed by atoms with Crippen LogP contribution in [0.1, 0.15) is 33.6 Å². The average molecular weight is 597 g/mol. The van der Waals surface area contributed by atoms with E-state index in [1.807, 2.05) is 0 Å². The van der Waals surface area contributed by atoms with Crippen molar-refractivity contribution in [2.45, 2.75) is 23.6 Å². The third kappa shape index (κ3) is 5.55. The van der Waals surface area contributed by atoms with Gasteiger partial charge in [-0.15, -0.1) is 23.2 Å². The van der Waals surface area contributed by atoms with Crippen molar-refractivity contribution in [2.24, 2.45) is 11.8 Å².